The Balaban J connectivity index is 2.89. The molecule has 0 aliphatic carbocycles. The molecular formula is C12H15NS. The third-order valence-electron chi connectivity index (χ3n) is 1.94. The summed E-state index contributed by atoms with van der Waals surface area (Å²) in [5.74, 6) is 0. The molecule has 0 radical (unpaired) electrons. The minimum Gasteiger partial charge on any atom is -0.336 e. The van der Waals surface area contributed by atoms with Crippen molar-refractivity contribution in [3.8, 4) is 0 Å². The molecule has 0 bridgehead atoms. The summed E-state index contributed by atoms with van der Waals surface area (Å²) in [6.07, 6.45) is 5.81. The van der Waals surface area contributed by atoms with Gasteiger partial charge in [-0.2, -0.15) is 0 Å². The van der Waals surface area contributed by atoms with E-state index in [0.717, 1.165) is 5.57 Å². The molecule has 1 nitrogen and oxygen atoms in total. The van der Waals surface area contributed by atoms with Crippen LogP contribution < -0.4 is 4.72 Å². The van der Waals surface area contributed by atoms with Gasteiger partial charge in [-0.15, -0.1) is 0 Å². The van der Waals surface area contributed by atoms with Crippen LogP contribution in [0.15, 0.2) is 43.1 Å². The van der Waals surface area contributed by atoms with Gasteiger partial charge in [-0.3, -0.25) is 0 Å². The van der Waals surface area contributed by atoms with E-state index in [1.807, 2.05) is 18.5 Å². The van der Waals surface area contributed by atoms with Crippen LogP contribution in [0.2, 0.25) is 0 Å². The van der Waals surface area contributed by atoms with Gasteiger partial charge >= 0.3 is 0 Å². The first kappa shape index (κ1) is 10.9. The van der Waals surface area contributed by atoms with Crippen molar-refractivity contribution in [2.75, 3.05) is 6.26 Å². The van der Waals surface area contributed by atoms with Gasteiger partial charge in [0.05, 0.1) is 0 Å². The number of benzene rings is 1. The summed E-state index contributed by atoms with van der Waals surface area (Å²) in [7, 11) is 0. The van der Waals surface area contributed by atoms with Crippen molar-refractivity contribution in [3.05, 3.63) is 54.2 Å². The lowest BCUT2D eigenvalue weighted by molar-refractivity contribution is 1.41. The lowest BCUT2D eigenvalue weighted by Crippen LogP contribution is -1.91. The van der Waals surface area contributed by atoms with Crippen molar-refractivity contribution in [1.29, 1.82) is 0 Å². The fraction of sp³-hybridized carbons (Fsp3) is 0.167. The predicted molar refractivity (Wildman–Crippen MR) is 66.0 cm³/mol. The minimum absolute atomic E-state index is 1.11. The van der Waals surface area contributed by atoms with Gasteiger partial charge in [-0.25, -0.2) is 0 Å². The highest BCUT2D eigenvalue weighted by Gasteiger charge is 1.95. The Kier molecular flexibility index (Phi) is 4.33. The van der Waals surface area contributed by atoms with Crippen molar-refractivity contribution in [3.63, 3.8) is 0 Å². The van der Waals surface area contributed by atoms with Gasteiger partial charge in [0.15, 0.2) is 0 Å². The van der Waals surface area contributed by atoms with Crippen molar-refractivity contribution in [2.45, 2.75) is 6.92 Å². The number of nitrogens with one attached hydrogen (secondary N) is 1. The molecule has 0 aliphatic heterocycles. The van der Waals surface area contributed by atoms with E-state index in [1.54, 1.807) is 11.9 Å². The highest BCUT2D eigenvalue weighted by atomic mass is 32.2. The minimum atomic E-state index is 1.11. The fourth-order valence-corrected chi connectivity index (χ4v) is 1.37. The van der Waals surface area contributed by atoms with Crippen LogP contribution in [-0.4, -0.2) is 6.26 Å². The Morgan fingerprint density at radius 2 is 2.00 bits per heavy atom. The summed E-state index contributed by atoms with van der Waals surface area (Å²) in [5.41, 5.74) is 3.57. The standard InChI is InChI=1S/C12H15NS/c1-4-11(9-13-14-3)12-7-5-10(2)6-8-12/h4-9,13H,1H2,2-3H3/b11-9+. The van der Waals surface area contributed by atoms with Gasteiger partial charge in [0.2, 0.25) is 0 Å². The molecular weight excluding hydrogens is 190 g/mol. The maximum absolute atomic E-state index is 3.80. The zero-order valence-corrected chi connectivity index (χ0v) is 9.40. The Morgan fingerprint density at radius 3 is 2.50 bits per heavy atom. The number of aryl methyl sites for hydroxylation is 1. The largest absolute Gasteiger partial charge is 0.336 e. The molecule has 1 rings (SSSR count). The molecule has 0 fully saturated rings. The van der Waals surface area contributed by atoms with Crippen LogP contribution in [0.5, 0.6) is 0 Å². The van der Waals surface area contributed by atoms with E-state index in [0.29, 0.717) is 0 Å². The molecule has 1 N–H and O–H groups in total. The zero-order chi connectivity index (χ0) is 10.4. The summed E-state index contributed by atoms with van der Waals surface area (Å²) in [6.45, 7) is 5.88. The van der Waals surface area contributed by atoms with Gasteiger partial charge in [0.1, 0.15) is 0 Å². The molecule has 0 spiro atoms. The lowest BCUT2D eigenvalue weighted by Gasteiger charge is -2.03. The van der Waals surface area contributed by atoms with E-state index in [2.05, 4.69) is 42.5 Å². The molecule has 0 aliphatic rings. The lowest BCUT2D eigenvalue weighted by atomic mass is 10.1. The summed E-state index contributed by atoms with van der Waals surface area (Å²) < 4.78 is 3.10. The summed E-state index contributed by atoms with van der Waals surface area (Å²) >= 11 is 1.57. The normalized spacial score (nSPS) is 11.1. The van der Waals surface area contributed by atoms with Crippen molar-refractivity contribution in [2.24, 2.45) is 0 Å². The Hall–Kier alpha value is -1.15. The van der Waals surface area contributed by atoms with E-state index in [-0.39, 0.29) is 0 Å². The van der Waals surface area contributed by atoms with Crippen LogP contribution in [0.1, 0.15) is 11.1 Å². The third kappa shape index (κ3) is 2.96. The first-order chi connectivity index (χ1) is 6.77. The van der Waals surface area contributed by atoms with Gasteiger partial charge in [0, 0.05) is 12.5 Å². The second-order valence-electron chi connectivity index (χ2n) is 2.99. The molecule has 0 atom stereocenters. The summed E-state index contributed by atoms with van der Waals surface area (Å²) in [5, 5.41) is 0. The Morgan fingerprint density at radius 1 is 1.36 bits per heavy atom. The van der Waals surface area contributed by atoms with E-state index in [1.165, 1.54) is 11.1 Å². The van der Waals surface area contributed by atoms with Crippen molar-refractivity contribution < 1.29 is 0 Å². The van der Waals surface area contributed by atoms with E-state index >= 15 is 0 Å². The van der Waals surface area contributed by atoms with E-state index in [4.69, 9.17) is 0 Å². The Bertz CT molecular complexity index is 325. The number of rotatable bonds is 4. The van der Waals surface area contributed by atoms with Crippen molar-refractivity contribution >= 4 is 17.5 Å². The maximum atomic E-state index is 3.80. The van der Waals surface area contributed by atoms with Crippen LogP contribution in [0, 0.1) is 6.92 Å². The van der Waals surface area contributed by atoms with Crippen LogP contribution in [0.4, 0.5) is 0 Å². The highest BCUT2D eigenvalue weighted by Crippen LogP contribution is 2.15. The molecule has 1 aromatic rings. The van der Waals surface area contributed by atoms with Crippen LogP contribution in [0.3, 0.4) is 0 Å². The molecule has 0 saturated carbocycles. The van der Waals surface area contributed by atoms with Gasteiger partial charge in [0.25, 0.3) is 0 Å². The molecule has 0 aromatic heterocycles. The quantitative estimate of drug-likeness (QED) is 0.597. The second-order valence-corrected chi connectivity index (χ2v) is 3.64. The van der Waals surface area contributed by atoms with Gasteiger partial charge < -0.3 is 4.72 Å². The molecule has 74 valence electrons. The highest BCUT2D eigenvalue weighted by molar-refractivity contribution is 7.96. The average molecular weight is 205 g/mol. The van der Waals surface area contributed by atoms with E-state index < -0.39 is 0 Å². The Labute approximate surface area is 90.1 Å². The fourth-order valence-electron chi connectivity index (χ4n) is 1.13. The van der Waals surface area contributed by atoms with Gasteiger partial charge in [-0.1, -0.05) is 54.4 Å². The SMILES string of the molecule is C=C/C(=C\NSC)c1ccc(C)cc1. The third-order valence-corrected chi connectivity index (χ3v) is 2.29. The first-order valence-corrected chi connectivity index (χ1v) is 5.68. The van der Waals surface area contributed by atoms with Gasteiger partial charge in [-0.05, 0) is 18.1 Å². The van der Waals surface area contributed by atoms with Crippen LogP contribution in [0.25, 0.3) is 5.57 Å². The molecule has 0 amide bonds. The molecule has 14 heavy (non-hydrogen) atoms. The smallest absolute Gasteiger partial charge is 0.0151 e. The van der Waals surface area contributed by atoms with Crippen molar-refractivity contribution in [1.82, 2.24) is 4.72 Å². The summed E-state index contributed by atoms with van der Waals surface area (Å²) in [6, 6.07) is 8.41. The van der Waals surface area contributed by atoms with E-state index in [9.17, 15) is 0 Å². The van der Waals surface area contributed by atoms with Crippen LogP contribution >= 0.6 is 11.9 Å². The number of allylic oxidation sites excluding steroid dienone is 2. The van der Waals surface area contributed by atoms with Crippen LogP contribution in [-0.2, 0) is 0 Å². The maximum Gasteiger partial charge on any atom is 0.0151 e. The molecule has 0 saturated heterocycles. The first-order valence-electron chi connectivity index (χ1n) is 4.46. The molecule has 1 aromatic carbocycles. The molecule has 2 heteroatoms. The molecule has 0 heterocycles. The zero-order valence-electron chi connectivity index (χ0n) is 8.58. The summed E-state index contributed by atoms with van der Waals surface area (Å²) in [4.78, 5) is 0. The predicted octanol–water partition coefficient (Wildman–Crippen LogP) is 3.39. The number of hydrogen-bond donors (Lipinski definition) is 1. The topological polar surface area (TPSA) is 12.0 Å². The average Bonchev–Trinajstić information content (AvgIpc) is 2.21. The molecule has 0 unspecified atom stereocenters. The second kappa shape index (κ2) is 5.55. The monoisotopic (exact) mass is 205 g/mol. The number of hydrogen-bond acceptors (Lipinski definition) is 2.